The van der Waals surface area contributed by atoms with Crippen molar-refractivity contribution in [3.05, 3.63) is 83.4 Å². The zero-order valence-corrected chi connectivity index (χ0v) is 23.2. The molecule has 39 heavy (non-hydrogen) atoms. The van der Waals surface area contributed by atoms with Crippen LogP contribution < -0.4 is 14.2 Å². The average Bonchev–Trinajstić information content (AvgIpc) is 2.95. The van der Waals surface area contributed by atoms with Crippen LogP contribution in [0.4, 0.5) is 0 Å². The molecule has 3 aromatic rings. The molecule has 1 aliphatic rings. The summed E-state index contributed by atoms with van der Waals surface area (Å²) in [5.74, 6) is 1.71. The predicted molar refractivity (Wildman–Crippen MR) is 154 cm³/mol. The number of rotatable bonds is 15. The van der Waals surface area contributed by atoms with E-state index in [0.717, 1.165) is 48.3 Å². The molecule has 1 heterocycles. The van der Waals surface area contributed by atoms with E-state index < -0.39 is 0 Å². The predicted octanol–water partition coefficient (Wildman–Crippen LogP) is 8.86. The van der Waals surface area contributed by atoms with Crippen LogP contribution in [0.2, 0.25) is 0 Å². The van der Waals surface area contributed by atoms with E-state index in [4.69, 9.17) is 14.2 Å². The molecule has 0 saturated heterocycles. The van der Waals surface area contributed by atoms with Crippen LogP contribution in [0.5, 0.6) is 23.0 Å². The summed E-state index contributed by atoms with van der Waals surface area (Å²) in [6, 6.07) is 21.0. The third-order valence-electron chi connectivity index (χ3n) is 7.30. The maximum Gasteiger partial charge on any atom is 0.311 e. The smallest absolute Gasteiger partial charge is 0.311 e. The molecule has 0 spiro atoms. The van der Waals surface area contributed by atoms with Crippen LogP contribution in [-0.4, -0.2) is 11.1 Å². The number of unbranched alkanes of at least 4 members (excludes halogenated alkanes) is 8. The van der Waals surface area contributed by atoms with Gasteiger partial charge in [0.25, 0.3) is 0 Å². The van der Waals surface area contributed by atoms with Crippen molar-refractivity contribution in [2.24, 2.45) is 0 Å². The second-order valence-electron chi connectivity index (χ2n) is 10.5. The SMILES string of the molecule is CCCCCCCCCCCC(=O)Oc1ccc(C2CCc3ccc(OCc4ccccc4)cc3O2)c(O)c1. The molecule has 1 N–H and O–H groups in total. The summed E-state index contributed by atoms with van der Waals surface area (Å²) in [5.41, 5.74) is 2.92. The Hall–Kier alpha value is -3.47. The molecule has 0 amide bonds. The van der Waals surface area contributed by atoms with Gasteiger partial charge in [-0.05, 0) is 48.6 Å². The van der Waals surface area contributed by atoms with E-state index in [2.05, 4.69) is 6.92 Å². The Balaban J connectivity index is 1.23. The lowest BCUT2D eigenvalue weighted by Gasteiger charge is -2.27. The van der Waals surface area contributed by atoms with Gasteiger partial charge in [0.05, 0.1) is 0 Å². The zero-order valence-electron chi connectivity index (χ0n) is 23.2. The maximum absolute atomic E-state index is 12.3. The summed E-state index contributed by atoms with van der Waals surface area (Å²) in [6.07, 6.45) is 12.5. The van der Waals surface area contributed by atoms with Crippen LogP contribution in [-0.2, 0) is 17.8 Å². The van der Waals surface area contributed by atoms with Crippen LogP contribution in [0, 0.1) is 0 Å². The minimum absolute atomic E-state index is 0.0771. The number of ether oxygens (including phenoxy) is 3. The van der Waals surface area contributed by atoms with Gasteiger partial charge in [0.2, 0.25) is 0 Å². The summed E-state index contributed by atoms with van der Waals surface area (Å²) < 4.78 is 17.7. The number of carbonyl (C=O) groups is 1. The van der Waals surface area contributed by atoms with Crippen molar-refractivity contribution >= 4 is 5.97 Å². The molecule has 0 aliphatic carbocycles. The van der Waals surface area contributed by atoms with Crippen LogP contribution in [0.3, 0.4) is 0 Å². The molecular weight excluding hydrogens is 488 g/mol. The van der Waals surface area contributed by atoms with Gasteiger partial charge in [-0.25, -0.2) is 0 Å². The van der Waals surface area contributed by atoms with Gasteiger partial charge >= 0.3 is 5.97 Å². The quantitative estimate of drug-likeness (QED) is 0.121. The van der Waals surface area contributed by atoms with E-state index in [-0.39, 0.29) is 17.8 Å². The van der Waals surface area contributed by atoms with Gasteiger partial charge in [0.15, 0.2) is 0 Å². The Morgan fingerprint density at radius 1 is 0.872 bits per heavy atom. The largest absolute Gasteiger partial charge is 0.507 e. The Morgan fingerprint density at radius 3 is 2.33 bits per heavy atom. The van der Waals surface area contributed by atoms with Gasteiger partial charge in [0.1, 0.15) is 35.7 Å². The molecule has 0 bridgehead atoms. The van der Waals surface area contributed by atoms with Crippen molar-refractivity contribution in [2.45, 2.75) is 96.7 Å². The second-order valence-corrected chi connectivity index (χ2v) is 10.5. The van der Waals surface area contributed by atoms with E-state index in [1.54, 1.807) is 12.1 Å². The molecule has 0 radical (unpaired) electrons. The summed E-state index contributed by atoms with van der Waals surface area (Å²) in [4.78, 5) is 12.3. The van der Waals surface area contributed by atoms with Crippen LogP contribution in [0.1, 0.15) is 100 Å². The first kappa shape index (κ1) is 28.5. The molecule has 3 aromatic carbocycles. The molecule has 208 valence electrons. The van der Waals surface area contributed by atoms with Crippen LogP contribution in [0.15, 0.2) is 66.7 Å². The summed E-state index contributed by atoms with van der Waals surface area (Å²) in [6.45, 7) is 2.72. The third kappa shape index (κ3) is 9.05. The molecular formula is C34H42O5. The van der Waals surface area contributed by atoms with Crippen molar-refractivity contribution in [1.29, 1.82) is 0 Å². The van der Waals surface area contributed by atoms with Crippen molar-refractivity contribution in [2.75, 3.05) is 0 Å². The number of phenols is 1. The number of aryl methyl sites for hydroxylation is 1. The van der Waals surface area contributed by atoms with Gasteiger partial charge in [-0.1, -0.05) is 94.7 Å². The number of esters is 1. The van der Waals surface area contributed by atoms with Crippen LogP contribution in [0.25, 0.3) is 0 Å². The van der Waals surface area contributed by atoms with Gasteiger partial charge in [0, 0.05) is 24.1 Å². The Labute approximate surface area is 233 Å². The highest BCUT2D eigenvalue weighted by Crippen LogP contribution is 2.40. The highest BCUT2D eigenvalue weighted by molar-refractivity contribution is 5.72. The lowest BCUT2D eigenvalue weighted by atomic mass is 9.96. The first-order valence-electron chi connectivity index (χ1n) is 14.6. The molecule has 1 unspecified atom stereocenters. The topological polar surface area (TPSA) is 65.0 Å². The first-order valence-corrected chi connectivity index (χ1v) is 14.6. The number of fused-ring (bicyclic) bond motifs is 1. The van der Waals surface area contributed by atoms with E-state index in [1.165, 1.54) is 51.0 Å². The zero-order chi connectivity index (χ0) is 27.3. The normalized spacial score (nSPS) is 14.3. The number of hydrogen-bond acceptors (Lipinski definition) is 5. The van der Waals surface area contributed by atoms with Crippen molar-refractivity contribution < 1.29 is 24.1 Å². The lowest BCUT2D eigenvalue weighted by Crippen LogP contribution is -2.15. The summed E-state index contributed by atoms with van der Waals surface area (Å²) >= 11 is 0. The fraction of sp³-hybridized carbons (Fsp3) is 0.441. The third-order valence-corrected chi connectivity index (χ3v) is 7.30. The fourth-order valence-corrected chi connectivity index (χ4v) is 5.02. The molecule has 0 fully saturated rings. The monoisotopic (exact) mass is 530 g/mol. The van der Waals surface area contributed by atoms with Crippen molar-refractivity contribution in [3.63, 3.8) is 0 Å². The number of hydrogen-bond donors (Lipinski definition) is 1. The first-order chi connectivity index (χ1) is 19.1. The molecule has 0 saturated carbocycles. The van der Waals surface area contributed by atoms with Gasteiger partial charge in [-0.15, -0.1) is 0 Å². The molecule has 1 aliphatic heterocycles. The Bertz CT molecular complexity index is 1170. The number of aromatic hydroxyl groups is 1. The number of benzene rings is 3. The number of carbonyl (C=O) groups excluding carboxylic acids is 1. The van der Waals surface area contributed by atoms with Crippen LogP contribution >= 0.6 is 0 Å². The lowest BCUT2D eigenvalue weighted by molar-refractivity contribution is -0.134. The standard InChI is InChI=1S/C34H42O5/c1-2-3-4-5-6-7-8-9-13-16-34(36)38-29-20-21-30(31(35)23-29)32-22-18-27-17-19-28(24-33(27)39-32)37-25-26-14-11-10-12-15-26/h10-12,14-15,17,19-21,23-24,32,35H,2-9,13,16,18,22,25H2,1H3. The molecule has 5 nitrogen and oxygen atoms in total. The Morgan fingerprint density at radius 2 is 1.59 bits per heavy atom. The molecule has 0 aromatic heterocycles. The second kappa shape index (κ2) is 15.2. The highest BCUT2D eigenvalue weighted by Gasteiger charge is 2.24. The molecule has 5 heteroatoms. The fourth-order valence-electron chi connectivity index (χ4n) is 5.02. The Kier molecular flexibility index (Phi) is 11.1. The number of phenolic OH excluding ortho intramolecular Hbond substituents is 1. The maximum atomic E-state index is 12.3. The van der Waals surface area contributed by atoms with E-state index in [9.17, 15) is 9.90 Å². The summed E-state index contributed by atoms with van der Waals surface area (Å²) in [7, 11) is 0. The minimum atomic E-state index is -0.284. The molecule has 1 atom stereocenters. The average molecular weight is 531 g/mol. The summed E-state index contributed by atoms with van der Waals surface area (Å²) in [5, 5.41) is 10.7. The van der Waals surface area contributed by atoms with Gasteiger partial charge in [-0.3, -0.25) is 4.79 Å². The van der Waals surface area contributed by atoms with E-state index in [0.29, 0.717) is 24.3 Å². The highest BCUT2D eigenvalue weighted by atomic mass is 16.5. The van der Waals surface area contributed by atoms with Crippen molar-refractivity contribution in [3.8, 4) is 23.0 Å². The molecule has 4 rings (SSSR count). The van der Waals surface area contributed by atoms with Gasteiger partial charge < -0.3 is 19.3 Å². The van der Waals surface area contributed by atoms with Gasteiger partial charge in [-0.2, -0.15) is 0 Å². The minimum Gasteiger partial charge on any atom is -0.507 e. The van der Waals surface area contributed by atoms with E-state index >= 15 is 0 Å². The van der Waals surface area contributed by atoms with Crippen molar-refractivity contribution in [1.82, 2.24) is 0 Å². The van der Waals surface area contributed by atoms with E-state index in [1.807, 2.05) is 48.5 Å².